The molecule has 92 valence electrons. The van der Waals surface area contributed by atoms with Crippen LogP contribution in [0.1, 0.15) is 15.9 Å². The average Bonchev–Trinajstić information content (AvgIpc) is 3.01. The monoisotopic (exact) mass is 248 g/mol. The van der Waals surface area contributed by atoms with Gasteiger partial charge in [-0.15, -0.1) is 0 Å². The van der Waals surface area contributed by atoms with Gasteiger partial charge in [0.15, 0.2) is 5.78 Å². The van der Waals surface area contributed by atoms with Crippen molar-refractivity contribution in [2.75, 3.05) is 0 Å². The van der Waals surface area contributed by atoms with Crippen molar-refractivity contribution in [3.8, 4) is 11.3 Å². The Labute approximate surface area is 110 Å². The van der Waals surface area contributed by atoms with Crippen LogP contribution in [0.4, 0.5) is 0 Å². The Morgan fingerprint density at radius 3 is 2.37 bits per heavy atom. The van der Waals surface area contributed by atoms with Crippen LogP contribution in [-0.4, -0.2) is 16.0 Å². The van der Waals surface area contributed by atoms with Crippen molar-refractivity contribution in [1.29, 1.82) is 0 Å². The molecule has 0 fully saturated rings. The molecule has 0 amide bonds. The number of nitrogens with one attached hydrogen (secondary N) is 1. The molecule has 3 rings (SSSR count). The van der Waals surface area contributed by atoms with Gasteiger partial charge in [0.25, 0.3) is 0 Å². The Kier molecular flexibility index (Phi) is 2.94. The molecule has 0 radical (unpaired) electrons. The lowest BCUT2D eigenvalue weighted by atomic mass is 9.97. The summed E-state index contributed by atoms with van der Waals surface area (Å²) in [5.74, 6) is 0.0131. The van der Waals surface area contributed by atoms with Crippen molar-refractivity contribution in [1.82, 2.24) is 10.2 Å². The van der Waals surface area contributed by atoms with Crippen LogP contribution in [0.5, 0.6) is 0 Å². The van der Waals surface area contributed by atoms with E-state index >= 15 is 0 Å². The minimum absolute atomic E-state index is 0.0131. The highest BCUT2D eigenvalue weighted by Gasteiger charge is 2.14. The first kappa shape index (κ1) is 11.4. The highest BCUT2D eigenvalue weighted by Crippen LogP contribution is 2.23. The zero-order chi connectivity index (χ0) is 13.1. The molecule has 1 aromatic heterocycles. The van der Waals surface area contributed by atoms with Gasteiger partial charge in [-0.1, -0.05) is 54.6 Å². The normalized spacial score (nSPS) is 10.3. The van der Waals surface area contributed by atoms with E-state index in [1.165, 1.54) is 0 Å². The van der Waals surface area contributed by atoms with E-state index in [1.807, 2.05) is 60.7 Å². The first-order chi connectivity index (χ1) is 9.36. The number of rotatable bonds is 3. The summed E-state index contributed by atoms with van der Waals surface area (Å²) in [5, 5.41) is 6.92. The van der Waals surface area contributed by atoms with Gasteiger partial charge in [-0.25, -0.2) is 0 Å². The molecule has 2 aromatic carbocycles. The molecule has 19 heavy (non-hydrogen) atoms. The van der Waals surface area contributed by atoms with Gasteiger partial charge < -0.3 is 0 Å². The van der Waals surface area contributed by atoms with Gasteiger partial charge in [0.2, 0.25) is 0 Å². The third-order valence-electron chi connectivity index (χ3n) is 2.98. The summed E-state index contributed by atoms with van der Waals surface area (Å²) in [6.07, 6.45) is 1.75. The van der Waals surface area contributed by atoms with Crippen molar-refractivity contribution in [2.45, 2.75) is 0 Å². The molecule has 0 unspecified atom stereocenters. The van der Waals surface area contributed by atoms with Crippen molar-refractivity contribution in [3.63, 3.8) is 0 Å². The van der Waals surface area contributed by atoms with E-state index in [-0.39, 0.29) is 5.78 Å². The number of benzene rings is 2. The molecule has 1 heterocycles. The highest BCUT2D eigenvalue weighted by atomic mass is 16.1. The lowest BCUT2D eigenvalue weighted by molar-refractivity contribution is 0.103. The maximum Gasteiger partial charge on any atom is 0.193 e. The summed E-state index contributed by atoms with van der Waals surface area (Å²) in [5.41, 5.74) is 2.98. The zero-order valence-corrected chi connectivity index (χ0v) is 10.2. The van der Waals surface area contributed by atoms with Crippen LogP contribution in [0, 0.1) is 0 Å². The largest absolute Gasteiger partial charge is 0.289 e. The van der Waals surface area contributed by atoms with E-state index < -0.39 is 0 Å². The van der Waals surface area contributed by atoms with Gasteiger partial charge in [-0.05, 0) is 6.07 Å². The molecule has 0 atom stereocenters. The maximum absolute atomic E-state index is 12.5. The third-order valence-corrected chi connectivity index (χ3v) is 2.98. The van der Waals surface area contributed by atoms with Gasteiger partial charge in [-0.2, -0.15) is 5.10 Å². The Hall–Kier alpha value is -2.68. The van der Waals surface area contributed by atoms with Crippen LogP contribution in [0.25, 0.3) is 11.3 Å². The van der Waals surface area contributed by atoms with Gasteiger partial charge >= 0.3 is 0 Å². The van der Waals surface area contributed by atoms with Crippen molar-refractivity contribution in [3.05, 3.63) is 78.0 Å². The van der Waals surface area contributed by atoms with Gasteiger partial charge in [0.05, 0.1) is 5.69 Å². The minimum Gasteiger partial charge on any atom is -0.289 e. The van der Waals surface area contributed by atoms with Gasteiger partial charge in [0.1, 0.15) is 0 Å². The van der Waals surface area contributed by atoms with E-state index in [1.54, 1.807) is 6.20 Å². The number of H-pyrrole nitrogens is 1. The SMILES string of the molecule is O=C(c1ccccc1)c1ccccc1-c1cc[nH]n1. The van der Waals surface area contributed by atoms with E-state index in [0.29, 0.717) is 11.1 Å². The van der Waals surface area contributed by atoms with Crippen LogP contribution in [0.15, 0.2) is 66.9 Å². The quantitative estimate of drug-likeness (QED) is 0.723. The predicted octanol–water partition coefficient (Wildman–Crippen LogP) is 3.31. The Morgan fingerprint density at radius 1 is 0.895 bits per heavy atom. The number of aromatic amines is 1. The predicted molar refractivity (Wildman–Crippen MR) is 73.9 cm³/mol. The van der Waals surface area contributed by atoms with Crippen LogP contribution in [0.3, 0.4) is 0 Å². The molecule has 0 aliphatic carbocycles. The van der Waals surface area contributed by atoms with Crippen molar-refractivity contribution >= 4 is 5.78 Å². The number of carbonyl (C=O) groups excluding carboxylic acids is 1. The summed E-state index contributed by atoms with van der Waals surface area (Å²) >= 11 is 0. The average molecular weight is 248 g/mol. The molecular formula is C16H12N2O. The minimum atomic E-state index is 0.0131. The molecule has 0 aliphatic rings. The topological polar surface area (TPSA) is 45.8 Å². The number of carbonyl (C=O) groups is 1. The molecule has 3 nitrogen and oxygen atoms in total. The molecule has 0 bridgehead atoms. The number of hydrogen-bond donors (Lipinski definition) is 1. The molecule has 0 saturated carbocycles. The zero-order valence-electron chi connectivity index (χ0n) is 10.2. The summed E-state index contributed by atoms with van der Waals surface area (Å²) in [4.78, 5) is 12.5. The molecular weight excluding hydrogens is 236 g/mol. The fraction of sp³-hybridized carbons (Fsp3) is 0. The number of hydrogen-bond acceptors (Lipinski definition) is 2. The second-order valence-corrected chi connectivity index (χ2v) is 4.20. The van der Waals surface area contributed by atoms with Gasteiger partial charge in [-0.3, -0.25) is 9.89 Å². The standard InChI is InChI=1S/C16H12N2O/c19-16(12-6-2-1-3-7-12)14-9-5-4-8-13(14)15-10-11-17-18-15/h1-11H,(H,17,18). The number of ketones is 1. The summed E-state index contributed by atoms with van der Waals surface area (Å²) < 4.78 is 0. The summed E-state index contributed by atoms with van der Waals surface area (Å²) in [6.45, 7) is 0. The molecule has 0 aliphatic heterocycles. The fourth-order valence-corrected chi connectivity index (χ4v) is 2.06. The summed E-state index contributed by atoms with van der Waals surface area (Å²) in [7, 11) is 0. The van der Waals surface area contributed by atoms with E-state index in [0.717, 1.165) is 11.3 Å². The number of nitrogens with zero attached hydrogens (tertiary/aromatic N) is 1. The van der Waals surface area contributed by atoms with E-state index in [2.05, 4.69) is 10.2 Å². The van der Waals surface area contributed by atoms with Crippen LogP contribution < -0.4 is 0 Å². The second kappa shape index (κ2) is 4.90. The maximum atomic E-state index is 12.5. The highest BCUT2D eigenvalue weighted by molar-refractivity contribution is 6.12. The second-order valence-electron chi connectivity index (χ2n) is 4.20. The Morgan fingerprint density at radius 2 is 1.63 bits per heavy atom. The first-order valence-corrected chi connectivity index (χ1v) is 6.05. The molecule has 3 aromatic rings. The van der Waals surface area contributed by atoms with Crippen molar-refractivity contribution in [2.24, 2.45) is 0 Å². The molecule has 0 saturated heterocycles. The lowest BCUT2D eigenvalue weighted by Crippen LogP contribution is -2.03. The first-order valence-electron chi connectivity index (χ1n) is 6.05. The molecule has 0 spiro atoms. The lowest BCUT2D eigenvalue weighted by Gasteiger charge is -2.06. The van der Waals surface area contributed by atoms with E-state index in [4.69, 9.17) is 0 Å². The summed E-state index contributed by atoms with van der Waals surface area (Å²) in [6, 6.07) is 18.7. The number of aromatic nitrogens is 2. The fourth-order valence-electron chi connectivity index (χ4n) is 2.06. The van der Waals surface area contributed by atoms with Gasteiger partial charge in [0, 0.05) is 22.9 Å². The smallest absolute Gasteiger partial charge is 0.193 e. The third kappa shape index (κ3) is 2.18. The Balaban J connectivity index is 2.09. The van der Waals surface area contributed by atoms with Crippen LogP contribution >= 0.6 is 0 Å². The van der Waals surface area contributed by atoms with Crippen molar-refractivity contribution < 1.29 is 4.79 Å². The molecule has 1 N–H and O–H groups in total. The van der Waals surface area contributed by atoms with Crippen LogP contribution in [-0.2, 0) is 0 Å². The van der Waals surface area contributed by atoms with Crippen LogP contribution in [0.2, 0.25) is 0 Å². The van der Waals surface area contributed by atoms with E-state index in [9.17, 15) is 4.79 Å². The Bertz CT molecular complexity index is 688. The molecule has 3 heteroatoms.